The highest BCUT2D eigenvalue weighted by atomic mass is 35.5. The SMILES string of the molecule is COc1ccc(CN(c2nn(CC(F)F)c3c(-n4c(C(N)Cc5cc(F)cc(F)c5)nc5cc(C(C)(C)S(C)(=O)=O)ccc5c4=O)ccc(Cl)c23)S(C)(=O)=O)cc1. The minimum Gasteiger partial charge on any atom is -0.497 e. The maximum atomic E-state index is 14.7. The number of methoxy groups -OCH3 is 1. The molecule has 0 spiro atoms. The maximum absolute atomic E-state index is 14.7. The van der Waals surface area contributed by atoms with Crippen LogP contribution in [0.5, 0.6) is 5.75 Å². The molecule has 2 N–H and O–H groups in total. The summed E-state index contributed by atoms with van der Waals surface area (Å²) >= 11 is 6.75. The molecule has 6 aromatic rings. The summed E-state index contributed by atoms with van der Waals surface area (Å²) in [4.78, 5) is 19.4. The average Bonchev–Trinajstić information content (AvgIpc) is 3.48. The number of nitrogens with zero attached hydrogens (tertiary/aromatic N) is 5. The van der Waals surface area contributed by atoms with Crippen molar-refractivity contribution in [3.8, 4) is 11.4 Å². The van der Waals surface area contributed by atoms with Crippen LogP contribution in [0.4, 0.5) is 23.4 Å². The Morgan fingerprint density at radius 1 is 0.930 bits per heavy atom. The number of anilines is 1. The molecule has 0 fully saturated rings. The third-order valence-corrected chi connectivity index (χ3v) is 13.2. The lowest BCUT2D eigenvalue weighted by Crippen LogP contribution is -2.31. The Morgan fingerprint density at radius 2 is 1.58 bits per heavy atom. The number of hydrogen-bond acceptors (Lipinski definition) is 9. The van der Waals surface area contributed by atoms with Crippen LogP contribution in [0.3, 0.4) is 0 Å². The van der Waals surface area contributed by atoms with Crippen LogP contribution in [-0.4, -0.2) is 62.2 Å². The molecule has 1 unspecified atom stereocenters. The van der Waals surface area contributed by atoms with Gasteiger partial charge in [0.15, 0.2) is 15.7 Å². The van der Waals surface area contributed by atoms with Crippen LogP contribution in [0.2, 0.25) is 5.02 Å². The summed E-state index contributed by atoms with van der Waals surface area (Å²) in [5, 5.41) is 4.13. The van der Waals surface area contributed by atoms with Crippen LogP contribution in [0, 0.1) is 11.6 Å². The second-order valence-electron chi connectivity index (χ2n) is 14.0. The molecule has 4 aromatic carbocycles. The number of alkyl halides is 2. The zero-order chi connectivity index (χ0) is 41.8. The second-order valence-corrected chi connectivity index (χ2v) is 18.9. The molecule has 0 aliphatic carbocycles. The van der Waals surface area contributed by atoms with E-state index >= 15 is 0 Å². The third-order valence-electron chi connectivity index (χ3n) is 9.70. The number of aromatic nitrogens is 4. The van der Waals surface area contributed by atoms with Gasteiger partial charge in [-0.25, -0.2) is 43.7 Å². The van der Waals surface area contributed by atoms with Crippen molar-refractivity contribution >= 4 is 59.1 Å². The molecule has 6 rings (SSSR count). The Kier molecular flexibility index (Phi) is 11.2. The van der Waals surface area contributed by atoms with Gasteiger partial charge >= 0.3 is 0 Å². The van der Waals surface area contributed by atoms with E-state index in [1.807, 2.05) is 0 Å². The summed E-state index contributed by atoms with van der Waals surface area (Å²) in [6.07, 6.45) is -1.32. The van der Waals surface area contributed by atoms with Gasteiger partial charge in [-0.05, 0) is 85.5 Å². The number of fused-ring (bicyclic) bond motifs is 2. The van der Waals surface area contributed by atoms with Crippen LogP contribution in [0.15, 0.2) is 77.6 Å². The minimum atomic E-state index is -4.18. The number of nitrogens with two attached hydrogens (primary N) is 1. The van der Waals surface area contributed by atoms with Gasteiger partial charge in [0, 0.05) is 12.3 Å². The number of hydrogen-bond donors (Lipinski definition) is 1. The smallest absolute Gasteiger partial charge is 0.266 e. The van der Waals surface area contributed by atoms with E-state index in [9.17, 15) is 39.2 Å². The van der Waals surface area contributed by atoms with E-state index in [4.69, 9.17) is 27.1 Å². The van der Waals surface area contributed by atoms with Gasteiger partial charge in [0.05, 0.1) is 63.2 Å². The van der Waals surface area contributed by atoms with Crippen LogP contribution >= 0.6 is 11.6 Å². The van der Waals surface area contributed by atoms with Gasteiger partial charge < -0.3 is 10.5 Å². The van der Waals surface area contributed by atoms with Crippen molar-refractivity contribution in [1.82, 2.24) is 19.3 Å². The fourth-order valence-electron chi connectivity index (χ4n) is 6.45. The zero-order valence-electron chi connectivity index (χ0n) is 31.2. The Bertz CT molecular complexity index is 2800. The van der Waals surface area contributed by atoms with Crippen LogP contribution in [0.1, 0.15) is 42.4 Å². The monoisotopic (exact) mass is 848 g/mol. The Morgan fingerprint density at radius 3 is 2.16 bits per heavy atom. The lowest BCUT2D eigenvalue weighted by molar-refractivity contribution is 0.123. The van der Waals surface area contributed by atoms with E-state index in [-0.39, 0.29) is 62.7 Å². The normalized spacial score (nSPS) is 13.1. The van der Waals surface area contributed by atoms with Crippen molar-refractivity contribution in [1.29, 1.82) is 0 Å². The highest BCUT2D eigenvalue weighted by Gasteiger charge is 2.34. The number of sulfone groups is 1. The largest absolute Gasteiger partial charge is 0.497 e. The molecule has 0 amide bonds. The summed E-state index contributed by atoms with van der Waals surface area (Å²) in [6.45, 7) is 1.61. The molecule has 12 nitrogen and oxygen atoms in total. The molecule has 0 radical (unpaired) electrons. The zero-order valence-corrected chi connectivity index (χ0v) is 33.6. The molecule has 1 atom stereocenters. The molecule has 2 aromatic heterocycles. The number of halogens is 5. The first kappa shape index (κ1) is 41.6. The second kappa shape index (κ2) is 15.4. The van der Waals surface area contributed by atoms with E-state index in [2.05, 4.69) is 5.10 Å². The Balaban J connectivity index is 1.67. The van der Waals surface area contributed by atoms with E-state index in [1.165, 1.54) is 51.3 Å². The first-order valence-electron chi connectivity index (χ1n) is 17.2. The minimum absolute atomic E-state index is 0.0241. The number of rotatable bonds is 13. The number of sulfonamides is 1. The van der Waals surface area contributed by atoms with E-state index < -0.39 is 60.8 Å². The van der Waals surface area contributed by atoms with E-state index in [0.717, 1.165) is 38.2 Å². The predicted octanol–water partition coefficient (Wildman–Crippen LogP) is 6.43. The van der Waals surface area contributed by atoms with Gasteiger partial charge in [-0.1, -0.05) is 29.8 Å². The number of benzene rings is 4. The standard InChI is InChI=1S/C38H37ClF4N6O6S2/c1-38(2,56(4,51)52)23-8-11-27-30(17-23)45-35(29(44)16-22-14-24(40)18-25(41)15-22)49(37(27)50)31-13-12-28(39)33-34(31)47(20-32(42)43)46-36(33)48(57(5,53)54)19-21-6-9-26(55-3)10-7-21/h6-15,17-18,29,32H,16,19-20,44H2,1-5H3. The molecule has 57 heavy (non-hydrogen) atoms. The maximum Gasteiger partial charge on any atom is 0.266 e. The molecule has 0 aliphatic heterocycles. The van der Waals surface area contributed by atoms with Crippen molar-refractivity contribution < 1.29 is 39.1 Å². The summed E-state index contributed by atoms with van der Waals surface area (Å²) in [5.74, 6) is -1.79. The Hall–Kier alpha value is -5.04. The highest BCUT2D eigenvalue weighted by Crippen LogP contribution is 2.39. The van der Waals surface area contributed by atoms with Gasteiger partial charge in [-0.2, -0.15) is 5.10 Å². The molecule has 0 aliphatic rings. The molecule has 0 bridgehead atoms. The summed E-state index contributed by atoms with van der Waals surface area (Å²) < 4.78 is 116. The first-order valence-corrected chi connectivity index (χ1v) is 21.3. The van der Waals surface area contributed by atoms with Gasteiger partial charge in [0.25, 0.3) is 12.0 Å². The van der Waals surface area contributed by atoms with Crippen molar-refractivity contribution in [2.45, 2.75) is 50.6 Å². The molecular weight excluding hydrogens is 812 g/mol. The van der Waals surface area contributed by atoms with Gasteiger partial charge in [0.1, 0.15) is 29.8 Å². The predicted molar refractivity (Wildman–Crippen MR) is 211 cm³/mol. The van der Waals surface area contributed by atoms with Crippen molar-refractivity contribution in [3.05, 3.63) is 122 Å². The van der Waals surface area contributed by atoms with Crippen LogP contribution < -0.4 is 20.3 Å². The average molecular weight is 849 g/mol. The fraction of sp³-hybridized carbons (Fsp3) is 0.289. The van der Waals surface area contributed by atoms with Gasteiger partial charge in [-0.3, -0.25) is 14.0 Å². The van der Waals surface area contributed by atoms with Crippen LogP contribution in [-0.2, 0) is 44.1 Å². The van der Waals surface area contributed by atoms with Crippen LogP contribution in [0.25, 0.3) is 27.5 Å². The highest BCUT2D eigenvalue weighted by molar-refractivity contribution is 7.92. The molecule has 0 saturated heterocycles. The third kappa shape index (κ3) is 8.21. The lowest BCUT2D eigenvalue weighted by Gasteiger charge is -2.24. The molecule has 0 saturated carbocycles. The van der Waals surface area contributed by atoms with Crippen molar-refractivity contribution in [2.24, 2.45) is 5.73 Å². The fourth-order valence-corrected chi connectivity index (χ4v) is 8.07. The Labute approximate surface area is 330 Å². The van der Waals surface area contributed by atoms with Crippen molar-refractivity contribution in [2.75, 3.05) is 23.9 Å². The molecule has 302 valence electrons. The van der Waals surface area contributed by atoms with E-state index in [0.29, 0.717) is 22.9 Å². The van der Waals surface area contributed by atoms with Gasteiger partial charge in [-0.15, -0.1) is 0 Å². The summed E-state index contributed by atoms with van der Waals surface area (Å²) in [7, 11) is -6.41. The quantitative estimate of drug-likeness (QED) is 0.129. The lowest BCUT2D eigenvalue weighted by atomic mass is 10.00. The van der Waals surface area contributed by atoms with Gasteiger partial charge in [0.2, 0.25) is 10.0 Å². The summed E-state index contributed by atoms with van der Waals surface area (Å²) in [5.41, 5.74) is 6.52. The van der Waals surface area contributed by atoms with E-state index in [1.54, 1.807) is 24.3 Å². The van der Waals surface area contributed by atoms with Crippen molar-refractivity contribution in [3.63, 3.8) is 0 Å². The first-order chi connectivity index (χ1) is 26.6. The topological polar surface area (TPSA) is 159 Å². The molecular formula is C38H37ClF4N6O6S2. The number of ether oxygens (including phenoxy) is 1. The summed E-state index contributed by atoms with van der Waals surface area (Å²) in [6, 6.07) is 14.8. The molecule has 2 heterocycles. The molecule has 19 heteroatoms.